The molecule has 0 fully saturated rings. The molecule has 0 saturated carbocycles. The van der Waals surface area contributed by atoms with Gasteiger partial charge in [-0.2, -0.15) is 0 Å². The van der Waals surface area contributed by atoms with E-state index in [2.05, 4.69) is 34.7 Å². The Balaban J connectivity index is 3.04. The van der Waals surface area contributed by atoms with Crippen LogP contribution in [0.5, 0.6) is 0 Å². The minimum absolute atomic E-state index is 0.0491. The molecule has 100 valence electrons. The van der Waals surface area contributed by atoms with Crippen molar-refractivity contribution in [2.45, 2.75) is 32.7 Å². The van der Waals surface area contributed by atoms with Crippen LogP contribution in [0.2, 0.25) is 0 Å². The van der Waals surface area contributed by atoms with Gasteiger partial charge in [-0.25, -0.2) is 8.78 Å². The third-order valence-corrected chi connectivity index (χ3v) is 3.44. The van der Waals surface area contributed by atoms with Crippen LogP contribution in [0.25, 0.3) is 0 Å². The molecule has 1 nitrogen and oxygen atoms in total. The third-order valence-electron chi connectivity index (χ3n) is 2.63. The maximum Gasteiger partial charge on any atom is 0.173 e. The van der Waals surface area contributed by atoms with Crippen molar-refractivity contribution in [2.24, 2.45) is 0 Å². The highest BCUT2D eigenvalue weighted by atomic mass is 79.9. The van der Waals surface area contributed by atoms with Crippen LogP contribution < -0.4 is 5.32 Å². The van der Waals surface area contributed by atoms with E-state index < -0.39 is 11.6 Å². The van der Waals surface area contributed by atoms with Crippen LogP contribution in [-0.4, -0.2) is 6.54 Å². The van der Waals surface area contributed by atoms with E-state index in [4.69, 9.17) is 0 Å². The van der Waals surface area contributed by atoms with Gasteiger partial charge in [0, 0.05) is 6.04 Å². The lowest BCUT2D eigenvalue weighted by molar-refractivity contribution is 0.487. The molecule has 0 saturated heterocycles. The Kier molecular flexibility index (Phi) is 5.96. The number of nitrogens with one attached hydrogen (secondary N) is 1. The molecule has 1 atom stereocenters. The summed E-state index contributed by atoms with van der Waals surface area (Å²) in [6.45, 7) is 8.68. The van der Waals surface area contributed by atoms with E-state index in [1.807, 2.05) is 6.92 Å². The van der Waals surface area contributed by atoms with Crippen LogP contribution in [0.3, 0.4) is 0 Å². The number of hydrogen-bond donors (Lipinski definition) is 1. The van der Waals surface area contributed by atoms with Crippen LogP contribution in [0.15, 0.2) is 28.8 Å². The van der Waals surface area contributed by atoms with E-state index in [1.54, 1.807) is 6.07 Å². The van der Waals surface area contributed by atoms with Crippen LogP contribution in [0.1, 0.15) is 38.3 Å². The van der Waals surface area contributed by atoms with Crippen molar-refractivity contribution < 1.29 is 8.78 Å². The monoisotopic (exact) mass is 317 g/mol. The zero-order chi connectivity index (χ0) is 13.7. The van der Waals surface area contributed by atoms with Crippen molar-refractivity contribution in [2.75, 3.05) is 6.54 Å². The first-order chi connectivity index (χ1) is 8.47. The van der Waals surface area contributed by atoms with Gasteiger partial charge in [0.05, 0.1) is 4.47 Å². The van der Waals surface area contributed by atoms with Gasteiger partial charge in [0.1, 0.15) is 0 Å². The van der Waals surface area contributed by atoms with Gasteiger partial charge < -0.3 is 5.32 Å². The molecule has 0 spiro atoms. The van der Waals surface area contributed by atoms with Gasteiger partial charge in [-0.3, -0.25) is 0 Å². The summed E-state index contributed by atoms with van der Waals surface area (Å²) < 4.78 is 26.8. The number of rotatable bonds is 6. The fraction of sp³-hybridized carbons (Fsp3) is 0.429. The van der Waals surface area contributed by atoms with E-state index in [9.17, 15) is 8.78 Å². The third kappa shape index (κ3) is 3.89. The molecule has 0 aliphatic carbocycles. The quantitative estimate of drug-likeness (QED) is 0.590. The highest BCUT2D eigenvalue weighted by Crippen LogP contribution is 2.30. The molecule has 0 heterocycles. The SMILES string of the molecule is C=C(C)CC(NCCC)c1ccc(F)c(F)c1Br. The maximum atomic E-state index is 13.5. The standard InChI is InChI=1S/C14H18BrF2N/c1-4-7-18-12(8-9(2)3)10-5-6-11(16)14(17)13(10)15/h5-6,12,18H,2,4,7-8H2,1,3H3. The molecule has 0 bridgehead atoms. The topological polar surface area (TPSA) is 12.0 Å². The average molecular weight is 318 g/mol. The first-order valence-electron chi connectivity index (χ1n) is 5.98. The van der Waals surface area contributed by atoms with Crippen molar-refractivity contribution >= 4 is 15.9 Å². The van der Waals surface area contributed by atoms with Gasteiger partial charge >= 0.3 is 0 Å². The second-order valence-electron chi connectivity index (χ2n) is 4.43. The van der Waals surface area contributed by atoms with Crippen LogP contribution in [0, 0.1) is 11.6 Å². The summed E-state index contributed by atoms with van der Waals surface area (Å²) in [5, 5.41) is 3.32. The van der Waals surface area contributed by atoms with E-state index in [0.717, 1.165) is 30.2 Å². The van der Waals surface area contributed by atoms with Crippen molar-refractivity contribution in [3.8, 4) is 0 Å². The largest absolute Gasteiger partial charge is 0.310 e. The van der Waals surface area contributed by atoms with Crippen LogP contribution in [0.4, 0.5) is 8.78 Å². The molecule has 18 heavy (non-hydrogen) atoms. The Hall–Kier alpha value is -0.740. The predicted octanol–water partition coefficient (Wildman–Crippen LogP) is 4.73. The molecular formula is C14H18BrF2N. The molecule has 1 aromatic carbocycles. The van der Waals surface area contributed by atoms with Gasteiger partial charge in [-0.1, -0.05) is 18.6 Å². The molecule has 1 N–H and O–H groups in total. The summed E-state index contributed by atoms with van der Waals surface area (Å²) in [6.07, 6.45) is 1.68. The Morgan fingerprint density at radius 3 is 2.67 bits per heavy atom. The Bertz CT molecular complexity index is 432. The molecular weight excluding hydrogens is 300 g/mol. The first-order valence-corrected chi connectivity index (χ1v) is 6.77. The van der Waals surface area contributed by atoms with Crippen LogP contribution >= 0.6 is 15.9 Å². The molecule has 0 amide bonds. The van der Waals surface area contributed by atoms with Gasteiger partial charge in [-0.05, 0) is 53.9 Å². The second-order valence-corrected chi connectivity index (χ2v) is 5.23. The number of halogens is 3. The fourth-order valence-electron chi connectivity index (χ4n) is 1.77. The Labute approximate surface area is 115 Å². The molecule has 0 aliphatic rings. The van der Waals surface area contributed by atoms with E-state index in [0.29, 0.717) is 6.42 Å². The van der Waals surface area contributed by atoms with Crippen LogP contribution in [-0.2, 0) is 0 Å². The molecule has 4 heteroatoms. The van der Waals surface area contributed by atoms with Crippen molar-refractivity contribution in [3.63, 3.8) is 0 Å². The Morgan fingerprint density at radius 2 is 2.11 bits per heavy atom. The first kappa shape index (κ1) is 15.3. The zero-order valence-corrected chi connectivity index (χ0v) is 12.3. The lowest BCUT2D eigenvalue weighted by atomic mass is 10.00. The lowest BCUT2D eigenvalue weighted by Crippen LogP contribution is -2.23. The minimum Gasteiger partial charge on any atom is -0.310 e. The normalized spacial score (nSPS) is 12.5. The van der Waals surface area contributed by atoms with Gasteiger partial charge in [0.2, 0.25) is 0 Å². The summed E-state index contributed by atoms with van der Waals surface area (Å²) in [6, 6.07) is 2.72. The van der Waals surface area contributed by atoms with E-state index in [-0.39, 0.29) is 10.5 Å². The number of benzene rings is 1. The smallest absolute Gasteiger partial charge is 0.173 e. The highest BCUT2D eigenvalue weighted by Gasteiger charge is 2.18. The fourth-order valence-corrected chi connectivity index (χ4v) is 2.37. The molecule has 1 aromatic rings. The zero-order valence-electron chi connectivity index (χ0n) is 10.7. The molecule has 1 unspecified atom stereocenters. The summed E-state index contributed by atoms with van der Waals surface area (Å²) in [5.41, 5.74) is 1.73. The predicted molar refractivity (Wildman–Crippen MR) is 74.5 cm³/mol. The van der Waals surface area contributed by atoms with E-state index in [1.165, 1.54) is 0 Å². The Morgan fingerprint density at radius 1 is 1.44 bits per heavy atom. The van der Waals surface area contributed by atoms with Crippen molar-refractivity contribution in [1.29, 1.82) is 0 Å². The summed E-state index contributed by atoms with van der Waals surface area (Å²) in [7, 11) is 0. The lowest BCUT2D eigenvalue weighted by Gasteiger charge is -2.20. The van der Waals surface area contributed by atoms with Gasteiger partial charge in [0.15, 0.2) is 11.6 Å². The van der Waals surface area contributed by atoms with E-state index >= 15 is 0 Å². The molecule has 0 aromatic heterocycles. The van der Waals surface area contributed by atoms with Gasteiger partial charge in [0.25, 0.3) is 0 Å². The maximum absolute atomic E-state index is 13.5. The summed E-state index contributed by atoms with van der Waals surface area (Å²) in [5.74, 6) is -1.67. The molecule has 1 rings (SSSR count). The number of hydrogen-bond acceptors (Lipinski definition) is 1. The minimum atomic E-state index is -0.838. The van der Waals surface area contributed by atoms with Gasteiger partial charge in [-0.15, -0.1) is 6.58 Å². The summed E-state index contributed by atoms with van der Waals surface area (Å²) in [4.78, 5) is 0. The molecule has 0 aliphatic heterocycles. The molecule has 0 radical (unpaired) electrons. The van der Waals surface area contributed by atoms with Crippen molar-refractivity contribution in [3.05, 3.63) is 46.0 Å². The second kappa shape index (κ2) is 7.00. The summed E-state index contributed by atoms with van der Waals surface area (Å²) >= 11 is 3.13. The highest BCUT2D eigenvalue weighted by molar-refractivity contribution is 9.10. The van der Waals surface area contributed by atoms with Crippen molar-refractivity contribution in [1.82, 2.24) is 5.32 Å². The average Bonchev–Trinajstić information content (AvgIpc) is 2.31.